The highest BCUT2D eigenvalue weighted by molar-refractivity contribution is 9.10. The van der Waals surface area contributed by atoms with Crippen LogP contribution in [0.5, 0.6) is 0 Å². The molecule has 0 spiro atoms. The van der Waals surface area contributed by atoms with Crippen molar-refractivity contribution in [2.24, 2.45) is 0 Å². The smallest absolute Gasteiger partial charge is 0.265 e. The average Bonchev–Trinajstić information content (AvgIpc) is 2.42. The fourth-order valence-electron chi connectivity index (χ4n) is 1.59. The van der Waals surface area contributed by atoms with E-state index in [0.29, 0.717) is 4.47 Å². The number of sulfonamides is 1. The number of anilines is 2. The van der Waals surface area contributed by atoms with Crippen molar-refractivity contribution in [3.63, 3.8) is 0 Å². The van der Waals surface area contributed by atoms with Gasteiger partial charge in [0.1, 0.15) is 22.2 Å². The molecule has 0 radical (unpaired) electrons. The van der Waals surface area contributed by atoms with E-state index in [1.807, 2.05) is 4.72 Å². The van der Waals surface area contributed by atoms with E-state index < -0.39 is 27.3 Å². The molecule has 3 N–H and O–H groups in total. The number of nitrogen functional groups attached to an aromatic ring is 1. The van der Waals surface area contributed by atoms with Crippen molar-refractivity contribution < 1.29 is 17.2 Å². The topological polar surface area (TPSA) is 85.1 Å². The summed E-state index contributed by atoms with van der Waals surface area (Å²) in [5.74, 6) is -2.29. The summed E-state index contributed by atoms with van der Waals surface area (Å²) in [5.41, 5.74) is 4.85. The number of aryl methyl sites for hydroxylation is 1. The lowest BCUT2D eigenvalue weighted by Crippen LogP contribution is -2.17. The first-order valence-electron chi connectivity index (χ1n) is 5.61. The van der Waals surface area contributed by atoms with E-state index >= 15 is 0 Å². The second-order valence-electron chi connectivity index (χ2n) is 4.20. The molecule has 21 heavy (non-hydrogen) atoms. The zero-order valence-corrected chi connectivity index (χ0v) is 13.1. The minimum atomic E-state index is -4.28. The van der Waals surface area contributed by atoms with Crippen LogP contribution >= 0.6 is 15.9 Å². The summed E-state index contributed by atoms with van der Waals surface area (Å²) in [4.78, 5) is 3.30. The number of halogens is 3. The van der Waals surface area contributed by atoms with E-state index in [1.165, 1.54) is 25.3 Å². The Balaban J connectivity index is 2.53. The summed E-state index contributed by atoms with van der Waals surface area (Å²) in [6.07, 6.45) is 1.31. The van der Waals surface area contributed by atoms with E-state index in [-0.39, 0.29) is 16.3 Å². The summed E-state index contributed by atoms with van der Waals surface area (Å²) in [6.45, 7) is 1.39. The first-order chi connectivity index (χ1) is 9.72. The third kappa shape index (κ3) is 3.13. The van der Waals surface area contributed by atoms with Crippen LogP contribution in [0.2, 0.25) is 0 Å². The number of pyridine rings is 1. The first kappa shape index (κ1) is 15.6. The van der Waals surface area contributed by atoms with Crippen LogP contribution in [0, 0.1) is 18.6 Å². The molecule has 0 amide bonds. The molecule has 112 valence electrons. The van der Waals surface area contributed by atoms with Gasteiger partial charge in [-0.3, -0.25) is 4.72 Å². The molecule has 0 atom stereocenters. The van der Waals surface area contributed by atoms with Gasteiger partial charge in [0.2, 0.25) is 0 Å². The number of hydrogen-bond donors (Lipinski definition) is 2. The Morgan fingerprint density at radius 1 is 1.33 bits per heavy atom. The van der Waals surface area contributed by atoms with Crippen molar-refractivity contribution in [1.82, 2.24) is 4.98 Å². The molecule has 0 aliphatic heterocycles. The molecule has 1 heterocycles. The quantitative estimate of drug-likeness (QED) is 0.860. The Bertz CT molecular complexity index is 812. The Kier molecular flexibility index (Phi) is 4.15. The highest BCUT2D eigenvalue weighted by atomic mass is 79.9. The largest absolute Gasteiger partial charge is 0.383 e. The maximum absolute atomic E-state index is 13.9. The standard InChI is InChI=1S/C12H10BrF2N3O2S/c1-6-2-3-8(14)11(10(6)15)18-21(19,20)9-4-7(13)5-17-12(9)16/h2-5,18H,1H3,(H2,16,17). The molecule has 0 aliphatic carbocycles. The van der Waals surface area contributed by atoms with Gasteiger partial charge in [-0.2, -0.15) is 0 Å². The van der Waals surface area contributed by atoms with Crippen molar-refractivity contribution in [1.29, 1.82) is 0 Å². The maximum Gasteiger partial charge on any atom is 0.265 e. The van der Waals surface area contributed by atoms with Gasteiger partial charge in [-0.25, -0.2) is 22.2 Å². The molecular weight excluding hydrogens is 368 g/mol. The molecule has 0 saturated heterocycles. The summed E-state index contributed by atoms with van der Waals surface area (Å²) in [6, 6.07) is 3.37. The van der Waals surface area contributed by atoms with Crippen LogP contribution < -0.4 is 10.5 Å². The van der Waals surface area contributed by atoms with E-state index in [1.54, 1.807) is 0 Å². The molecule has 0 aliphatic rings. The molecule has 5 nitrogen and oxygen atoms in total. The van der Waals surface area contributed by atoms with Crippen LogP contribution in [0.1, 0.15) is 5.56 Å². The zero-order chi connectivity index (χ0) is 15.8. The van der Waals surface area contributed by atoms with E-state index in [2.05, 4.69) is 20.9 Å². The predicted molar refractivity (Wildman–Crippen MR) is 78.3 cm³/mol. The van der Waals surface area contributed by atoms with Crippen LogP contribution in [-0.4, -0.2) is 13.4 Å². The number of hydrogen-bond acceptors (Lipinski definition) is 4. The number of nitrogens with zero attached hydrogens (tertiary/aromatic N) is 1. The van der Waals surface area contributed by atoms with Gasteiger partial charge in [-0.1, -0.05) is 6.07 Å². The lowest BCUT2D eigenvalue weighted by molar-refractivity contribution is 0.579. The number of nitrogens with one attached hydrogen (secondary N) is 1. The van der Waals surface area contributed by atoms with Crippen molar-refractivity contribution >= 4 is 37.5 Å². The zero-order valence-electron chi connectivity index (χ0n) is 10.7. The Morgan fingerprint density at radius 2 is 2.00 bits per heavy atom. The van der Waals surface area contributed by atoms with Gasteiger partial charge in [0.25, 0.3) is 10.0 Å². The minimum absolute atomic E-state index is 0.106. The number of benzene rings is 1. The molecule has 2 rings (SSSR count). The van der Waals surface area contributed by atoms with Crippen LogP contribution in [0.25, 0.3) is 0 Å². The number of nitrogens with two attached hydrogens (primary N) is 1. The molecule has 0 unspecified atom stereocenters. The van der Waals surface area contributed by atoms with Crippen LogP contribution in [0.3, 0.4) is 0 Å². The molecule has 0 fully saturated rings. The van der Waals surface area contributed by atoms with Gasteiger partial charge in [0, 0.05) is 10.7 Å². The molecular formula is C12H10BrF2N3O2S. The highest BCUT2D eigenvalue weighted by Gasteiger charge is 2.23. The summed E-state index contributed by atoms with van der Waals surface area (Å²) in [7, 11) is -4.28. The molecule has 1 aromatic carbocycles. The monoisotopic (exact) mass is 377 g/mol. The molecule has 2 aromatic rings. The molecule has 1 aromatic heterocycles. The van der Waals surface area contributed by atoms with Crippen molar-refractivity contribution in [2.75, 3.05) is 10.5 Å². The summed E-state index contributed by atoms with van der Waals surface area (Å²) < 4.78 is 54.1. The average molecular weight is 378 g/mol. The summed E-state index contributed by atoms with van der Waals surface area (Å²) in [5, 5.41) is 0. The van der Waals surface area contributed by atoms with Crippen LogP contribution in [0.4, 0.5) is 20.3 Å². The van der Waals surface area contributed by atoms with Gasteiger partial charge in [0.15, 0.2) is 5.82 Å². The van der Waals surface area contributed by atoms with Crippen molar-refractivity contribution in [2.45, 2.75) is 11.8 Å². The second kappa shape index (κ2) is 5.57. The normalized spacial score (nSPS) is 11.4. The van der Waals surface area contributed by atoms with E-state index in [9.17, 15) is 17.2 Å². The Labute approximate surface area is 128 Å². The van der Waals surface area contributed by atoms with Crippen LogP contribution in [0.15, 0.2) is 33.8 Å². The SMILES string of the molecule is Cc1ccc(F)c(NS(=O)(=O)c2cc(Br)cnc2N)c1F. The van der Waals surface area contributed by atoms with Crippen molar-refractivity contribution in [3.8, 4) is 0 Å². The summed E-state index contributed by atoms with van der Waals surface area (Å²) >= 11 is 3.06. The molecule has 0 bridgehead atoms. The third-order valence-corrected chi connectivity index (χ3v) is 4.47. The van der Waals surface area contributed by atoms with Gasteiger partial charge < -0.3 is 5.73 Å². The lowest BCUT2D eigenvalue weighted by Gasteiger charge is -2.12. The van der Waals surface area contributed by atoms with Gasteiger partial charge in [-0.15, -0.1) is 0 Å². The van der Waals surface area contributed by atoms with Crippen LogP contribution in [-0.2, 0) is 10.0 Å². The lowest BCUT2D eigenvalue weighted by atomic mass is 10.2. The second-order valence-corrected chi connectivity index (χ2v) is 6.76. The van der Waals surface area contributed by atoms with Gasteiger partial charge in [0.05, 0.1) is 0 Å². The van der Waals surface area contributed by atoms with Crippen molar-refractivity contribution in [3.05, 3.63) is 46.1 Å². The van der Waals surface area contributed by atoms with Gasteiger partial charge >= 0.3 is 0 Å². The minimum Gasteiger partial charge on any atom is -0.383 e. The van der Waals surface area contributed by atoms with E-state index in [0.717, 1.165) is 6.07 Å². The highest BCUT2D eigenvalue weighted by Crippen LogP contribution is 2.27. The number of aromatic nitrogens is 1. The Hall–Kier alpha value is -1.74. The molecule has 9 heteroatoms. The maximum atomic E-state index is 13.9. The number of rotatable bonds is 3. The first-order valence-corrected chi connectivity index (χ1v) is 7.88. The van der Waals surface area contributed by atoms with Gasteiger partial charge in [-0.05, 0) is 40.5 Å². The fourth-order valence-corrected chi connectivity index (χ4v) is 3.24. The molecule has 0 saturated carbocycles. The predicted octanol–water partition coefficient (Wildman–Crippen LogP) is 2.81. The van der Waals surface area contributed by atoms with E-state index in [4.69, 9.17) is 5.73 Å². The third-order valence-electron chi connectivity index (χ3n) is 2.66. The fraction of sp³-hybridized carbons (Fsp3) is 0.0833. The Morgan fingerprint density at radius 3 is 2.67 bits per heavy atom.